The molecule has 174 valence electrons. The first kappa shape index (κ1) is 21.5. The van der Waals surface area contributed by atoms with Crippen molar-refractivity contribution in [3.05, 3.63) is 101 Å². The van der Waals surface area contributed by atoms with E-state index in [0.29, 0.717) is 11.3 Å². The van der Waals surface area contributed by atoms with Gasteiger partial charge in [0.2, 0.25) is 5.91 Å². The molecule has 5 nitrogen and oxygen atoms in total. The van der Waals surface area contributed by atoms with Crippen LogP contribution in [0.2, 0.25) is 0 Å². The van der Waals surface area contributed by atoms with Crippen LogP contribution >= 0.6 is 0 Å². The van der Waals surface area contributed by atoms with Crippen molar-refractivity contribution in [2.75, 3.05) is 10.2 Å². The normalized spacial score (nSPS) is 25.7. The standard InChI is InChI=1S/C30H26N2O3/c1-17-8-11-20(12-9-17)28(34)26-27(19(3)33)32-24-14-10-18(2)16-21(24)13-15-25(32)30(26)22-6-4-5-7-23(22)31-29(30)35/h4-16,25-27H,1-3H3,(H,31,35)/t25-,26-,27-,30+/m1/s1. The fourth-order valence-electron chi connectivity index (χ4n) is 6.35. The fraction of sp³-hybridized carbons (Fsp3) is 0.233. The Bertz CT molecular complexity index is 1440. The molecule has 3 aliphatic heterocycles. The summed E-state index contributed by atoms with van der Waals surface area (Å²) in [6.07, 6.45) is 4.03. The molecule has 1 spiro atoms. The van der Waals surface area contributed by atoms with Gasteiger partial charge in [-0.2, -0.15) is 0 Å². The third kappa shape index (κ3) is 2.84. The Morgan fingerprint density at radius 3 is 2.40 bits per heavy atom. The van der Waals surface area contributed by atoms with Crippen LogP contribution in [0.15, 0.2) is 72.8 Å². The quantitative estimate of drug-likeness (QED) is 0.564. The minimum Gasteiger partial charge on any atom is -0.352 e. The molecule has 3 aromatic rings. The van der Waals surface area contributed by atoms with Crippen LogP contribution in [-0.4, -0.2) is 29.6 Å². The van der Waals surface area contributed by atoms with Crippen molar-refractivity contribution in [2.45, 2.75) is 38.3 Å². The molecular weight excluding hydrogens is 436 g/mol. The Kier molecular flexibility index (Phi) is 4.62. The third-order valence-corrected chi connectivity index (χ3v) is 7.82. The van der Waals surface area contributed by atoms with E-state index in [9.17, 15) is 14.4 Å². The highest BCUT2D eigenvalue weighted by atomic mass is 16.2. The van der Waals surface area contributed by atoms with Crippen LogP contribution < -0.4 is 10.2 Å². The van der Waals surface area contributed by atoms with Crippen molar-refractivity contribution in [3.63, 3.8) is 0 Å². The molecule has 1 fully saturated rings. The van der Waals surface area contributed by atoms with Crippen molar-refractivity contribution in [1.29, 1.82) is 0 Å². The second-order valence-electron chi connectivity index (χ2n) is 9.91. The zero-order valence-electron chi connectivity index (χ0n) is 19.9. The van der Waals surface area contributed by atoms with Gasteiger partial charge in [-0.3, -0.25) is 14.4 Å². The molecule has 4 atom stereocenters. The van der Waals surface area contributed by atoms with E-state index in [4.69, 9.17) is 0 Å². The molecule has 3 aromatic carbocycles. The fourth-order valence-corrected chi connectivity index (χ4v) is 6.35. The number of carbonyl (C=O) groups is 3. The average Bonchev–Trinajstić information content (AvgIpc) is 3.32. The number of ketones is 2. The first-order valence-corrected chi connectivity index (χ1v) is 11.9. The van der Waals surface area contributed by atoms with Gasteiger partial charge in [-0.15, -0.1) is 0 Å². The molecule has 35 heavy (non-hydrogen) atoms. The van der Waals surface area contributed by atoms with Gasteiger partial charge in [0.25, 0.3) is 0 Å². The lowest BCUT2D eigenvalue weighted by Crippen LogP contribution is -2.51. The second-order valence-corrected chi connectivity index (χ2v) is 9.91. The van der Waals surface area contributed by atoms with E-state index < -0.39 is 23.4 Å². The summed E-state index contributed by atoms with van der Waals surface area (Å²) < 4.78 is 0. The lowest BCUT2D eigenvalue weighted by molar-refractivity contribution is -0.122. The number of carbonyl (C=O) groups excluding carboxylic acids is 3. The van der Waals surface area contributed by atoms with Crippen molar-refractivity contribution < 1.29 is 14.4 Å². The lowest BCUT2D eigenvalue weighted by Gasteiger charge is -2.37. The lowest BCUT2D eigenvalue weighted by atomic mass is 9.64. The number of anilines is 2. The molecule has 0 radical (unpaired) electrons. The Balaban J connectivity index is 1.65. The van der Waals surface area contributed by atoms with Gasteiger partial charge in [-0.1, -0.05) is 71.8 Å². The van der Waals surface area contributed by atoms with Gasteiger partial charge < -0.3 is 10.2 Å². The first-order valence-electron chi connectivity index (χ1n) is 11.9. The van der Waals surface area contributed by atoms with Gasteiger partial charge in [0.15, 0.2) is 11.6 Å². The van der Waals surface area contributed by atoms with Crippen molar-refractivity contribution in [2.24, 2.45) is 5.92 Å². The molecule has 1 amide bonds. The number of nitrogens with zero attached hydrogens (tertiary/aromatic N) is 1. The van der Waals surface area contributed by atoms with Gasteiger partial charge in [0.1, 0.15) is 5.41 Å². The van der Waals surface area contributed by atoms with Crippen molar-refractivity contribution >= 4 is 34.9 Å². The first-order chi connectivity index (χ1) is 16.8. The van der Waals surface area contributed by atoms with E-state index in [1.165, 1.54) is 6.92 Å². The van der Waals surface area contributed by atoms with Crippen LogP contribution in [0.1, 0.15) is 39.5 Å². The number of Topliss-reactive ketones (excluding diaryl/α,β-unsaturated/α-hetero) is 2. The van der Waals surface area contributed by atoms with E-state index in [-0.39, 0.29) is 17.5 Å². The van der Waals surface area contributed by atoms with E-state index in [0.717, 1.165) is 27.9 Å². The highest BCUT2D eigenvalue weighted by Gasteiger charge is 2.69. The van der Waals surface area contributed by atoms with Crippen molar-refractivity contribution in [1.82, 2.24) is 0 Å². The number of para-hydroxylation sites is 1. The number of amides is 1. The number of nitrogens with one attached hydrogen (secondary N) is 1. The van der Waals surface area contributed by atoms with E-state index in [1.54, 1.807) is 12.1 Å². The summed E-state index contributed by atoms with van der Waals surface area (Å²) in [6.45, 7) is 5.52. The zero-order chi connectivity index (χ0) is 24.5. The SMILES string of the molecule is CC(=O)[C@@H]1[C@H](C(=O)c2ccc(C)cc2)[C@@]2(C(=O)Nc3ccccc32)[C@H]2C=Cc3cc(C)ccc3N12. The maximum absolute atomic E-state index is 14.3. The van der Waals surface area contributed by atoms with Gasteiger partial charge >= 0.3 is 0 Å². The van der Waals surface area contributed by atoms with Crippen LogP contribution in [-0.2, 0) is 15.0 Å². The largest absolute Gasteiger partial charge is 0.352 e. The van der Waals surface area contributed by atoms with Crippen LogP contribution in [0.25, 0.3) is 6.08 Å². The number of hydrogen-bond acceptors (Lipinski definition) is 4. The van der Waals surface area contributed by atoms with Crippen molar-refractivity contribution in [3.8, 4) is 0 Å². The van der Waals surface area contributed by atoms with Crippen LogP contribution in [0, 0.1) is 19.8 Å². The van der Waals surface area contributed by atoms with E-state index in [1.807, 2.05) is 79.4 Å². The predicted molar refractivity (Wildman–Crippen MR) is 137 cm³/mol. The second kappa shape index (κ2) is 7.51. The number of aryl methyl sites for hydroxylation is 2. The maximum atomic E-state index is 14.3. The Labute approximate surface area is 204 Å². The molecule has 1 N–H and O–H groups in total. The molecule has 5 heteroatoms. The molecule has 3 aliphatic rings. The predicted octanol–water partition coefficient (Wildman–Crippen LogP) is 4.87. The number of hydrogen-bond donors (Lipinski definition) is 1. The molecule has 0 saturated carbocycles. The van der Waals surface area contributed by atoms with Gasteiger partial charge in [-0.25, -0.2) is 0 Å². The summed E-state index contributed by atoms with van der Waals surface area (Å²) in [5.41, 5.74) is 4.76. The van der Waals surface area contributed by atoms with Gasteiger partial charge in [-0.05, 0) is 50.1 Å². The molecule has 0 aliphatic carbocycles. The summed E-state index contributed by atoms with van der Waals surface area (Å²) in [7, 11) is 0. The summed E-state index contributed by atoms with van der Waals surface area (Å²) in [5, 5.41) is 3.04. The van der Waals surface area contributed by atoms with Gasteiger partial charge in [0.05, 0.1) is 18.0 Å². The minimum atomic E-state index is -1.23. The number of rotatable bonds is 3. The molecule has 0 unspecified atom stereocenters. The number of fused-ring (bicyclic) bond motifs is 6. The maximum Gasteiger partial charge on any atom is 0.238 e. The summed E-state index contributed by atoms with van der Waals surface area (Å²) in [5.74, 6) is -1.43. The smallest absolute Gasteiger partial charge is 0.238 e. The molecule has 0 bridgehead atoms. The highest BCUT2D eigenvalue weighted by molar-refractivity contribution is 6.16. The molecule has 0 aromatic heterocycles. The van der Waals surface area contributed by atoms with E-state index in [2.05, 4.69) is 11.4 Å². The Morgan fingerprint density at radius 1 is 0.943 bits per heavy atom. The number of benzene rings is 3. The third-order valence-electron chi connectivity index (χ3n) is 7.82. The molecular formula is C30H26N2O3. The summed E-state index contributed by atoms with van der Waals surface area (Å²) >= 11 is 0. The monoisotopic (exact) mass is 462 g/mol. The average molecular weight is 463 g/mol. The molecule has 3 heterocycles. The minimum absolute atomic E-state index is 0.128. The highest BCUT2D eigenvalue weighted by Crippen LogP contribution is 2.57. The molecule has 1 saturated heterocycles. The van der Waals surface area contributed by atoms with Crippen LogP contribution in [0.3, 0.4) is 0 Å². The summed E-state index contributed by atoms with van der Waals surface area (Å²) in [6, 6.07) is 19.8. The van der Waals surface area contributed by atoms with Gasteiger partial charge in [0, 0.05) is 16.9 Å². The van der Waals surface area contributed by atoms with Crippen LogP contribution in [0.5, 0.6) is 0 Å². The van der Waals surface area contributed by atoms with E-state index >= 15 is 0 Å². The Morgan fingerprint density at radius 2 is 1.66 bits per heavy atom. The van der Waals surface area contributed by atoms with Crippen LogP contribution in [0.4, 0.5) is 11.4 Å². The topological polar surface area (TPSA) is 66.5 Å². The zero-order valence-corrected chi connectivity index (χ0v) is 19.9. The molecule has 6 rings (SSSR count). The Hall–Kier alpha value is -3.99. The summed E-state index contributed by atoms with van der Waals surface area (Å²) in [4.78, 5) is 43.7.